The van der Waals surface area contributed by atoms with Gasteiger partial charge in [0.1, 0.15) is 0 Å². The molecule has 0 aliphatic carbocycles. The molecule has 29 heavy (non-hydrogen) atoms. The fourth-order valence-corrected chi connectivity index (χ4v) is 2.75. The first-order valence-electron chi connectivity index (χ1n) is 8.50. The van der Waals surface area contributed by atoms with Gasteiger partial charge in [-0.05, 0) is 48.0 Å². The standard InChI is InChI=1S/C22H16ClNO5/c1-28-20-12-14(13-24-18-9-5-3-7-16(18)21(25)26)10-11-19(20)29-22(27)15-6-2-4-8-17(15)23/h2-13H,1H3,(H,25,26). The number of hydrogen-bond donors (Lipinski definition) is 1. The lowest BCUT2D eigenvalue weighted by molar-refractivity contribution is 0.0695. The van der Waals surface area contributed by atoms with Crippen LogP contribution >= 0.6 is 11.6 Å². The zero-order valence-electron chi connectivity index (χ0n) is 15.3. The minimum atomic E-state index is -1.06. The van der Waals surface area contributed by atoms with Crippen molar-refractivity contribution >= 4 is 35.4 Å². The predicted molar refractivity (Wildman–Crippen MR) is 110 cm³/mol. The van der Waals surface area contributed by atoms with Gasteiger partial charge in [0.25, 0.3) is 0 Å². The Morgan fingerprint density at radius 3 is 2.34 bits per heavy atom. The first kappa shape index (κ1) is 20.1. The van der Waals surface area contributed by atoms with E-state index in [1.807, 2.05) is 0 Å². The summed E-state index contributed by atoms with van der Waals surface area (Å²) in [5.41, 5.74) is 1.31. The summed E-state index contributed by atoms with van der Waals surface area (Å²) in [5.74, 6) is -1.12. The topological polar surface area (TPSA) is 85.2 Å². The SMILES string of the molecule is COc1cc(C=Nc2ccccc2C(=O)O)ccc1OC(=O)c1ccccc1Cl. The molecule has 0 amide bonds. The largest absolute Gasteiger partial charge is 0.493 e. The molecule has 0 radical (unpaired) electrons. The molecule has 0 aliphatic rings. The lowest BCUT2D eigenvalue weighted by Gasteiger charge is -2.10. The number of carboxylic acids is 1. The van der Waals surface area contributed by atoms with Gasteiger partial charge in [-0.15, -0.1) is 0 Å². The second-order valence-electron chi connectivity index (χ2n) is 5.86. The Kier molecular flexibility index (Phi) is 6.26. The van der Waals surface area contributed by atoms with Crippen LogP contribution in [0, 0.1) is 0 Å². The molecular weight excluding hydrogens is 394 g/mol. The van der Waals surface area contributed by atoms with Crippen LogP contribution in [0.2, 0.25) is 5.02 Å². The first-order valence-corrected chi connectivity index (χ1v) is 8.88. The summed E-state index contributed by atoms with van der Waals surface area (Å²) < 4.78 is 10.7. The number of rotatable bonds is 6. The van der Waals surface area contributed by atoms with Crippen molar-refractivity contribution in [3.8, 4) is 11.5 Å². The van der Waals surface area contributed by atoms with Gasteiger partial charge in [-0.3, -0.25) is 4.99 Å². The van der Waals surface area contributed by atoms with Crippen molar-refractivity contribution in [2.45, 2.75) is 0 Å². The van der Waals surface area contributed by atoms with E-state index < -0.39 is 11.9 Å². The predicted octanol–water partition coefficient (Wildman–Crippen LogP) is 5.02. The van der Waals surface area contributed by atoms with Gasteiger partial charge in [-0.25, -0.2) is 9.59 Å². The number of aromatic carboxylic acids is 1. The summed E-state index contributed by atoms with van der Waals surface area (Å²) >= 11 is 6.03. The van der Waals surface area contributed by atoms with Gasteiger partial charge < -0.3 is 14.6 Å². The molecule has 0 atom stereocenters. The van der Waals surface area contributed by atoms with Gasteiger partial charge in [-0.1, -0.05) is 35.9 Å². The average Bonchev–Trinajstić information content (AvgIpc) is 2.73. The summed E-state index contributed by atoms with van der Waals surface area (Å²) in [5, 5.41) is 9.52. The Hall–Kier alpha value is -3.64. The Morgan fingerprint density at radius 2 is 1.66 bits per heavy atom. The summed E-state index contributed by atoms with van der Waals surface area (Å²) in [4.78, 5) is 27.9. The second kappa shape index (κ2) is 9.03. The molecule has 3 rings (SSSR count). The van der Waals surface area contributed by atoms with Crippen LogP contribution in [0.1, 0.15) is 26.3 Å². The normalized spacial score (nSPS) is 10.7. The Balaban J connectivity index is 1.83. The molecule has 0 aliphatic heterocycles. The van der Waals surface area contributed by atoms with Gasteiger partial charge in [0, 0.05) is 6.21 Å². The van der Waals surface area contributed by atoms with E-state index in [2.05, 4.69) is 4.99 Å². The van der Waals surface area contributed by atoms with Gasteiger partial charge in [0.15, 0.2) is 11.5 Å². The number of hydrogen-bond acceptors (Lipinski definition) is 5. The fourth-order valence-electron chi connectivity index (χ4n) is 2.54. The number of carbonyl (C=O) groups is 2. The number of esters is 1. The van der Waals surface area contributed by atoms with Crippen molar-refractivity contribution in [3.05, 3.63) is 88.4 Å². The van der Waals surface area contributed by atoms with Crippen LogP contribution in [-0.4, -0.2) is 30.4 Å². The Morgan fingerprint density at radius 1 is 0.966 bits per heavy atom. The van der Waals surface area contributed by atoms with E-state index in [-0.39, 0.29) is 21.9 Å². The number of nitrogens with zero attached hydrogens (tertiary/aromatic N) is 1. The van der Waals surface area contributed by atoms with Gasteiger partial charge >= 0.3 is 11.9 Å². The van der Waals surface area contributed by atoms with E-state index in [9.17, 15) is 14.7 Å². The zero-order chi connectivity index (χ0) is 20.8. The number of carbonyl (C=O) groups excluding carboxylic acids is 1. The van der Waals surface area contributed by atoms with E-state index in [1.165, 1.54) is 19.4 Å². The molecule has 3 aromatic rings. The van der Waals surface area contributed by atoms with Crippen LogP contribution in [0.5, 0.6) is 11.5 Å². The van der Waals surface area contributed by atoms with E-state index in [1.54, 1.807) is 60.7 Å². The van der Waals surface area contributed by atoms with Crippen LogP contribution in [0.25, 0.3) is 0 Å². The summed E-state index contributed by atoms with van der Waals surface area (Å²) in [6, 6.07) is 17.9. The number of ether oxygens (including phenoxy) is 2. The monoisotopic (exact) mass is 409 g/mol. The highest BCUT2D eigenvalue weighted by atomic mass is 35.5. The maximum atomic E-state index is 12.4. The average molecular weight is 410 g/mol. The van der Waals surface area contributed by atoms with Crippen LogP contribution in [0.3, 0.4) is 0 Å². The van der Waals surface area contributed by atoms with Crippen molar-refractivity contribution in [1.82, 2.24) is 0 Å². The van der Waals surface area contributed by atoms with Crippen molar-refractivity contribution in [1.29, 1.82) is 0 Å². The van der Waals surface area contributed by atoms with E-state index >= 15 is 0 Å². The number of benzene rings is 3. The van der Waals surface area contributed by atoms with E-state index in [4.69, 9.17) is 21.1 Å². The molecular formula is C22H16ClNO5. The maximum absolute atomic E-state index is 12.4. The third kappa shape index (κ3) is 4.80. The molecule has 0 fully saturated rings. The lowest BCUT2D eigenvalue weighted by atomic mass is 10.1. The number of aliphatic imine (C=N–C) groups is 1. The molecule has 0 heterocycles. The minimum absolute atomic E-state index is 0.0982. The number of para-hydroxylation sites is 1. The summed E-state index contributed by atoms with van der Waals surface area (Å²) in [7, 11) is 1.45. The molecule has 0 saturated heterocycles. The van der Waals surface area contributed by atoms with Gasteiger partial charge in [0.05, 0.1) is 28.9 Å². The van der Waals surface area contributed by atoms with Crippen molar-refractivity contribution in [2.24, 2.45) is 4.99 Å². The Bertz CT molecular complexity index is 1090. The maximum Gasteiger partial charge on any atom is 0.345 e. The molecule has 7 heteroatoms. The number of methoxy groups -OCH3 is 1. The smallest absolute Gasteiger partial charge is 0.345 e. The number of carboxylic acid groups (broad SMARTS) is 1. The lowest BCUT2D eigenvalue weighted by Crippen LogP contribution is -2.10. The third-order valence-electron chi connectivity index (χ3n) is 3.97. The molecule has 6 nitrogen and oxygen atoms in total. The minimum Gasteiger partial charge on any atom is -0.493 e. The molecule has 0 bridgehead atoms. The first-order chi connectivity index (χ1) is 14.0. The molecule has 0 saturated carbocycles. The zero-order valence-corrected chi connectivity index (χ0v) is 16.1. The van der Waals surface area contributed by atoms with Crippen molar-refractivity contribution < 1.29 is 24.2 Å². The Labute approximate surface area is 172 Å². The van der Waals surface area contributed by atoms with E-state index in [0.717, 1.165) is 0 Å². The van der Waals surface area contributed by atoms with Crippen molar-refractivity contribution in [3.63, 3.8) is 0 Å². The quantitative estimate of drug-likeness (QED) is 0.351. The highest BCUT2D eigenvalue weighted by molar-refractivity contribution is 6.33. The summed E-state index contributed by atoms with van der Waals surface area (Å²) in [6.07, 6.45) is 1.50. The molecule has 0 spiro atoms. The van der Waals surface area contributed by atoms with Gasteiger partial charge in [0.2, 0.25) is 0 Å². The molecule has 1 N–H and O–H groups in total. The molecule has 146 valence electrons. The van der Waals surface area contributed by atoms with Crippen LogP contribution < -0.4 is 9.47 Å². The van der Waals surface area contributed by atoms with E-state index in [0.29, 0.717) is 17.0 Å². The fraction of sp³-hybridized carbons (Fsp3) is 0.0455. The highest BCUT2D eigenvalue weighted by Gasteiger charge is 2.15. The molecule has 3 aromatic carbocycles. The highest BCUT2D eigenvalue weighted by Crippen LogP contribution is 2.29. The van der Waals surface area contributed by atoms with Crippen molar-refractivity contribution in [2.75, 3.05) is 7.11 Å². The van der Waals surface area contributed by atoms with Crippen LogP contribution in [0.4, 0.5) is 5.69 Å². The third-order valence-corrected chi connectivity index (χ3v) is 4.30. The second-order valence-corrected chi connectivity index (χ2v) is 6.27. The number of halogens is 1. The summed E-state index contributed by atoms with van der Waals surface area (Å²) in [6.45, 7) is 0. The van der Waals surface area contributed by atoms with Crippen LogP contribution in [-0.2, 0) is 0 Å². The van der Waals surface area contributed by atoms with Crippen LogP contribution in [0.15, 0.2) is 71.7 Å². The molecule has 0 unspecified atom stereocenters. The van der Waals surface area contributed by atoms with Gasteiger partial charge in [-0.2, -0.15) is 0 Å². The molecule has 0 aromatic heterocycles.